The number of hydrogen-bond acceptors (Lipinski definition) is 7. The number of nitrogens with zero attached hydrogens (tertiary/aromatic N) is 2. The number of aliphatic carboxylic acids is 1. The van der Waals surface area contributed by atoms with E-state index in [1.165, 1.54) is 11.0 Å². The first-order chi connectivity index (χ1) is 24.2. The maximum Gasteiger partial charge on any atom is 0.407 e. The minimum absolute atomic E-state index is 0.0469. The summed E-state index contributed by atoms with van der Waals surface area (Å²) in [7, 11) is 0. The van der Waals surface area contributed by atoms with E-state index in [2.05, 4.69) is 23.3 Å². The zero-order valence-electron chi connectivity index (χ0n) is 28.3. The van der Waals surface area contributed by atoms with E-state index in [0.29, 0.717) is 30.7 Å². The van der Waals surface area contributed by atoms with Gasteiger partial charge in [-0.2, -0.15) is 0 Å². The van der Waals surface area contributed by atoms with E-state index >= 15 is 0 Å². The second-order valence-electron chi connectivity index (χ2n) is 13.3. The molecule has 6 rings (SSSR count). The van der Waals surface area contributed by atoms with Gasteiger partial charge in [-0.3, -0.25) is 9.59 Å². The number of carboxylic acids is 1. The number of carbonyl (C=O) groups is 4. The molecule has 2 aromatic carbocycles. The molecule has 0 unspecified atom stereocenters. The summed E-state index contributed by atoms with van der Waals surface area (Å²) < 4.78 is 12.1. The van der Waals surface area contributed by atoms with Crippen molar-refractivity contribution < 1.29 is 33.8 Å². The Kier molecular flexibility index (Phi) is 10.5. The number of nitrogens with one attached hydrogen (secondary N) is 2. The number of cyclic esters (lactones) is 1. The second kappa shape index (κ2) is 15.1. The predicted molar refractivity (Wildman–Crippen MR) is 189 cm³/mol. The van der Waals surface area contributed by atoms with Crippen molar-refractivity contribution in [3.63, 3.8) is 0 Å². The van der Waals surface area contributed by atoms with Crippen molar-refractivity contribution in [3.8, 4) is 17.0 Å². The topological polar surface area (TPSA) is 147 Å². The molecule has 262 valence electrons. The average Bonchev–Trinajstić information content (AvgIpc) is 3.68. The first-order valence-electron chi connectivity index (χ1n) is 17.5. The standard InChI is InChI=1S/C39H44N4O7/c1-3-5-16-31-36(45)43-24-28(21-33(43)35(44)42-39(37(46)47)23-27(39)4-2)50-34-22-32(26-14-10-8-11-15-26)40-30-18-17-25(20-29(30)34)13-9-6-7-12-19-49-38(48)41-31/h4,8-11,13-15,17-18,20,22,27-28,31,33H,2-3,5-7,12,16,19,21,23-24H2,1H3,(H,41,48)(H,42,44)(H,46,47)/t27-,28-,31+,33+,39-/m1/s1. The Bertz CT molecular complexity index is 1790. The van der Waals surface area contributed by atoms with Gasteiger partial charge in [0.2, 0.25) is 11.8 Å². The molecule has 50 heavy (non-hydrogen) atoms. The van der Waals surface area contributed by atoms with Crippen LogP contribution in [0.25, 0.3) is 28.2 Å². The Morgan fingerprint density at radius 1 is 1.16 bits per heavy atom. The Hall–Kier alpha value is -5.19. The van der Waals surface area contributed by atoms with Crippen LogP contribution in [0.5, 0.6) is 5.75 Å². The van der Waals surface area contributed by atoms with Gasteiger partial charge in [0.25, 0.3) is 0 Å². The number of carbonyl (C=O) groups excluding carboxylic acids is 3. The van der Waals surface area contributed by atoms with Crippen LogP contribution in [-0.4, -0.2) is 75.7 Å². The molecule has 11 heteroatoms. The predicted octanol–water partition coefficient (Wildman–Crippen LogP) is 5.88. The fraction of sp³-hybridized carbons (Fsp3) is 0.410. The number of rotatable bonds is 8. The molecule has 3 aliphatic rings. The fourth-order valence-corrected chi connectivity index (χ4v) is 6.84. The third kappa shape index (κ3) is 7.51. The third-order valence-electron chi connectivity index (χ3n) is 9.78. The van der Waals surface area contributed by atoms with Gasteiger partial charge < -0.3 is 30.1 Å². The molecular formula is C39H44N4O7. The Morgan fingerprint density at radius 3 is 2.72 bits per heavy atom. The fourth-order valence-electron chi connectivity index (χ4n) is 6.84. The lowest BCUT2D eigenvalue weighted by Gasteiger charge is -2.29. The smallest absolute Gasteiger partial charge is 0.407 e. The highest BCUT2D eigenvalue weighted by Gasteiger charge is 2.61. The van der Waals surface area contributed by atoms with Crippen molar-refractivity contribution in [2.24, 2.45) is 5.92 Å². The molecule has 4 bridgehead atoms. The van der Waals surface area contributed by atoms with E-state index < -0.39 is 53.5 Å². The summed E-state index contributed by atoms with van der Waals surface area (Å²) in [6.45, 7) is 5.96. The largest absolute Gasteiger partial charge is 0.488 e. The highest BCUT2D eigenvalue weighted by Crippen LogP contribution is 2.45. The van der Waals surface area contributed by atoms with Crippen LogP contribution in [0.2, 0.25) is 0 Å². The number of ether oxygens (including phenoxy) is 2. The van der Waals surface area contributed by atoms with E-state index in [0.717, 1.165) is 41.3 Å². The van der Waals surface area contributed by atoms with Crippen LogP contribution in [0.3, 0.4) is 0 Å². The van der Waals surface area contributed by atoms with E-state index in [-0.39, 0.29) is 26.0 Å². The third-order valence-corrected chi connectivity index (χ3v) is 9.78. The van der Waals surface area contributed by atoms with Crippen molar-refractivity contribution >= 4 is 40.9 Å². The monoisotopic (exact) mass is 680 g/mol. The summed E-state index contributed by atoms with van der Waals surface area (Å²) in [4.78, 5) is 59.7. The number of benzene rings is 2. The number of amides is 3. The maximum atomic E-state index is 14.3. The summed E-state index contributed by atoms with van der Waals surface area (Å²) in [5.74, 6) is -2.06. The van der Waals surface area contributed by atoms with E-state index in [4.69, 9.17) is 14.5 Å². The highest BCUT2D eigenvalue weighted by atomic mass is 16.5. The molecule has 5 atom stereocenters. The molecule has 3 N–H and O–H groups in total. The number of fused-ring (bicyclic) bond motifs is 3. The van der Waals surface area contributed by atoms with Crippen LogP contribution < -0.4 is 15.4 Å². The molecule has 1 saturated heterocycles. The van der Waals surface area contributed by atoms with Gasteiger partial charge in [-0.15, -0.1) is 6.58 Å². The summed E-state index contributed by atoms with van der Waals surface area (Å²) >= 11 is 0. The lowest BCUT2D eigenvalue weighted by Crippen LogP contribution is -2.56. The molecule has 0 radical (unpaired) electrons. The lowest BCUT2D eigenvalue weighted by molar-refractivity contribution is -0.145. The van der Waals surface area contributed by atoms with Gasteiger partial charge in [0.1, 0.15) is 29.5 Å². The average molecular weight is 681 g/mol. The van der Waals surface area contributed by atoms with Gasteiger partial charge >= 0.3 is 12.1 Å². The molecule has 11 nitrogen and oxygen atoms in total. The zero-order valence-corrected chi connectivity index (χ0v) is 28.3. The molecule has 3 amide bonds. The molecular weight excluding hydrogens is 636 g/mol. The first-order valence-corrected chi connectivity index (χ1v) is 17.5. The van der Waals surface area contributed by atoms with E-state index in [1.807, 2.05) is 67.6 Å². The number of alkyl carbamates (subject to hydrolysis) is 1. The van der Waals surface area contributed by atoms with Gasteiger partial charge in [0.05, 0.1) is 24.4 Å². The second-order valence-corrected chi connectivity index (χ2v) is 13.3. The van der Waals surface area contributed by atoms with Crippen molar-refractivity contribution in [1.82, 2.24) is 20.5 Å². The molecule has 0 spiro atoms. The van der Waals surface area contributed by atoms with Crippen molar-refractivity contribution in [2.45, 2.75) is 82.0 Å². The summed E-state index contributed by atoms with van der Waals surface area (Å²) in [5.41, 5.74) is 1.84. The molecule has 2 fully saturated rings. The highest BCUT2D eigenvalue weighted by molar-refractivity contribution is 5.96. The molecule has 1 saturated carbocycles. The SMILES string of the molecule is C=C[C@@H]1C[C@]1(NC(=O)[C@@H]1C[C@@H]2CN1C(=O)[C@H](CCCC)NC(=O)OCCCCC=Cc1ccc3nc(-c4ccccc4)cc(c3c1)O2)C(=O)O. The lowest BCUT2D eigenvalue weighted by atomic mass is 10.1. The van der Waals surface area contributed by atoms with Crippen molar-refractivity contribution in [2.75, 3.05) is 13.2 Å². The van der Waals surface area contributed by atoms with E-state index in [9.17, 15) is 24.3 Å². The Morgan fingerprint density at radius 2 is 1.98 bits per heavy atom. The Balaban J connectivity index is 1.39. The number of aromatic nitrogens is 1. The maximum absolute atomic E-state index is 14.3. The number of unbranched alkanes of at least 4 members (excludes halogenated alkanes) is 1. The normalized spacial score (nSPS) is 25.4. The number of allylic oxidation sites excluding steroid dienone is 1. The Labute approximate surface area is 291 Å². The van der Waals surface area contributed by atoms with Crippen LogP contribution in [0.4, 0.5) is 4.79 Å². The van der Waals surface area contributed by atoms with Crippen molar-refractivity contribution in [1.29, 1.82) is 0 Å². The van der Waals surface area contributed by atoms with Gasteiger partial charge in [-0.1, -0.05) is 74.4 Å². The molecule has 1 aromatic heterocycles. The van der Waals surface area contributed by atoms with Crippen LogP contribution >= 0.6 is 0 Å². The molecule has 1 aliphatic carbocycles. The molecule has 2 aliphatic heterocycles. The first kappa shape index (κ1) is 34.7. The van der Waals surface area contributed by atoms with Crippen LogP contribution in [-0.2, 0) is 19.1 Å². The van der Waals surface area contributed by atoms with Crippen molar-refractivity contribution in [3.05, 3.63) is 78.9 Å². The van der Waals surface area contributed by atoms with Gasteiger partial charge in [-0.25, -0.2) is 14.6 Å². The summed E-state index contributed by atoms with van der Waals surface area (Å²) in [6, 6.07) is 15.6. The van der Waals surface area contributed by atoms with E-state index in [1.54, 1.807) is 0 Å². The quantitative estimate of drug-likeness (QED) is 0.250. The van der Waals surface area contributed by atoms with Gasteiger partial charge in [-0.05, 0) is 49.8 Å². The number of pyridine rings is 1. The minimum atomic E-state index is -1.48. The van der Waals surface area contributed by atoms with Crippen LogP contribution in [0.15, 0.2) is 73.3 Å². The summed E-state index contributed by atoms with van der Waals surface area (Å²) in [5, 5.41) is 16.3. The van der Waals surface area contributed by atoms with Gasteiger partial charge in [0.15, 0.2) is 0 Å². The number of carboxylic acid groups (broad SMARTS) is 1. The zero-order chi connectivity index (χ0) is 35.3. The number of hydrogen-bond donors (Lipinski definition) is 3. The van der Waals surface area contributed by atoms with Gasteiger partial charge in [0, 0.05) is 29.4 Å². The molecule has 3 heterocycles. The summed E-state index contributed by atoms with van der Waals surface area (Å²) in [6.07, 6.45) is 8.71. The van der Waals surface area contributed by atoms with Crippen LogP contribution in [0, 0.1) is 5.92 Å². The minimum Gasteiger partial charge on any atom is -0.488 e. The van der Waals surface area contributed by atoms with Crippen LogP contribution in [0.1, 0.15) is 63.9 Å². The molecule has 3 aromatic rings.